The highest BCUT2D eigenvalue weighted by Gasteiger charge is 2.40. The highest BCUT2D eigenvalue weighted by Crippen LogP contribution is 2.34. The van der Waals surface area contributed by atoms with E-state index in [-0.39, 0.29) is 17.1 Å². The third kappa shape index (κ3) is 6.54. The number of nitrogens with zero attached hydrogens (tertiary/aromatic N) is 1. The minimum Gasteiger partial charge on any atom is -0.494 e. The fourth-order valence-electron chi connectivity index (χ4n) is 5.08. The Morgan fingerprint density at radius 1 is 1.00 bits per heavy atom. The van der Waals surface area contributed by atoms with Crippen molar-refractivity contribution in [2.24, 2.45) is 0 Å². The quantitative estimate of drug-likeness (QED) is 0.471. The number of thiocarbonyl (C=S) groups is 1. The summed E-state index contributed by atoms with van der Waals surface area (Å²) in [4.78, 5) is 2.31. The Morgan fingerprint density at radius 2 is 1.65 bits per heavy atom. The second kappa shape index (κ2) is 10.8. The normalized spacial score (nSPS) is 17.0. The van der Waals surface area contributed by atoms with Crippen molar-refractivity contribution >= 4 is 23.0 Å². The smallest absolute Gasteiger partial charge is 0.173 e. The van der Waals surface area contributed by atoms with E-state index in [2.05, 4.69) is 55.4 Å². The number of piperidine rings is 1. The van der Waals surface area contributed by atoms with Crippen LogP contribution in [0.2, 0.25) is 0 Å². The standard InChI is InChI=1S/C27H39N3O3S/c1-8-33-22-12-10-9-11-19(22)18-30(21-16-26(2,3)29-27(4,5)17-21)25(34)28-20-13-14-23(31-6)24(15-20)32-7/h9-15,21,29H,8,16-18H2,1-7H3,(H,28,34). The number of hydrogen-bond donors (Lipinski definition) is 2. The largest absolute Gasteiger partial charge is 0.494 e. The van der Waals surface area contributed by atoms with E-state index in [0.29, 0.717) is 29.8 Å². The summed E-state index contributed by atoms with van der Waals surface area (Å²) in [6, 6.07) is 14.2. The van der Waals surface area contributed by atoms with E-state index in [1.807, 2.05) is 37.3 Å². The van der Waals surface area contributed by atoms with Crippen LogP contribution in [0.1, 0.15) is 53.0 Å². The van der Waals surface area contributed by atoms with Crippen LogP contribution in [-0.2, 0) is 6.54 Å². The first kappa shape index (κ1) is 26.1. The monoisotopic (exact) mass is 485 g/mol. The minimum atomic E-state index is -0.0109. The van der Waals surface area contributed by atoms with Crippen LogP contribution in [0.15, 0.2) is 42.5 Å². The molecule has 1 saturated heterocycles. The van der Waals surface area contributed by atoms with Gasteiger partial charge in [-0.2, -0.15) is 0 Å². The average Bonchev–Trinajstić information content (AvgIpc) is 2.76. The molecule has 3 rings (SSSR count). The molecule has 0 aromatic heterocycles. The second-order valence-corrected chi connectivity index (χ2v) is 10.5. The molecule has 0 spiro atoms. The van der Waals surface area contributed by atoms with Crippen molar-refractivity contribution in [2.45, 2.75) is 71.1 Å². The molecule has 186 valence electrons. The molecule has 0 atom stereocenters. The Balaban J connectivity index is 1.93. The van der Waals surface area contributed by atoms with Crippen LogP contribution in [0.25, 0.3) is 0 Å². The van der Waals surface area contributed by atoms with Crippen LogP contribution >= 0.6 is 12.2 Å². The first-order valence-corrected chi connectivity index (χ1v) is 12.3. The predicted molar refractivity (Wildman–Crippen MR) is 143 cm³/mol. The van der Waals surface area contributed by atoms with Crippen LogP contribution in [-0.4, -0.2) is 48.0 Å². The molecule has 1 fully saturated rings. The highest BCUT2D eigenvalue weighted by molar-refractivity contribution is 7.80. The van der Waals surface area contributed by atoms with E-state index in [1.54, 1.807) is 14.2 Å². The molecule has 0 bridgehead atoms. The molecular formula is C27H39N3O3S. The molecule has 2 N–H and O–H groups in total. The van der Waals surface area contributed by atoms with Gasteiger partial charge in [-0.15, -0.1) is 0 Å². The van der Waals surface area contributed by atoms with Gasteiger partial charge in [-0.05, 0) is 77.9 Å². The van der Waals surface area contributed by atoms with Gasteiger partial charge in [-0.1, -0.05) is 18.2 Å². The highest BCUT2D eigenvalue weighted by atomic mass is 32.1. The van der Waals surface area contributed by atoms with Crippen LogP contribution in [0.3, 0.4) is 0 Å². The maximum absolute atomic E-state index is 6.02. The Kier molecular flexibility index (Phi) is 8.31. The molecule has 34 heavy (non-hydrogen) atoms. The van der Waals surface area contributed by atoms with E-state index in [0.717, 1.165) is 29.8 Å². The zero-order valence-electron chi connectivity index (χ0n) is 21.5. The van der Waals surface area contributed by atoms with Gasteiger partial charge < -0.3 is 29.7 Å². The van der Waals surface area contributed by atoms with Gasteiger partial charge in [0.1, 0.15) is 5.75 Å². The van der Waals surface area contributed by atoms with Crippen LogP contribution < -0.4 is 24.8 Å². The number of methoxy groups -OCH3 is 2. The number of hydrogen-bond acceptors (Lipinski definition) is 5. The average molecular weight is 486 g/mol. The molecule has 0 unspecified atom stereocenters. The molecule has 2 aromatic carbocycles. The third-order valence-electron chi connectivity index (χ3n) is 6.12. The lowest BCUT2D eigenvalue weighted by molar-refractivity contribution is 0.101. The number of nitrogens with one attached hydrogen (secondary N) is 2. The zero-order valence-corrected chi connectivity index (χ0v) is 22.3. The van der Waals surface area contributed by atoms with E-state index in [1.165, 1.54) is 0 Å². The summed E-state index contributed by atoms with van der Waals surface area (Å²) in [5.74, 6) is 2.24. The Hall–Kier alpha value is -2.51. The zero-order chi connectivity index (χ0) is 24.9. The first-order valence-electron chi connectivity index (χ1n) is 11.9. The lowest BCUT2D eigenvalue weighted by Crippen LogP contribution is -2.63. The van der Waals surface area contributed by atoms with Gasteiger partial charge >= 0.3 is 0 Å². The van der Waals surface area contributed by atoms with Crippen molar-refractivity contribution in [3.8, 4) is 17.2 Å². The van der Waals surface area contributed by atoms with Crippen molar-refractivity contribution in [3.05, 3.63) is 48.0 Å². The first-order chi connectivity index (χ1) is 16.1. The summed E-state index contributed by atoms with van der Waals surface area (Å²) in [5.41, 5.74) is 1.96. The van der Waals surface area contributed by atoms with Gasteiger partial charge in [0.25, 0.3) is 0 Å². The van der Waals surface area contributed by atoms with Gasteiger partial charge in [0.2, 0.25) is 0 Å². The summed E-state index contributed by atoms with van der Waals surface area (Å²) in [5, 5.41) is 7.91. The van der Waals surface area contributed by atoms with Crippen LogP contribution in [0.5, 0.6) is 17.2 Å². The van der Waals surface area contributed by atoms with Crippen molar-refractivity contribution < 1.29 is 14.2 Å². The van der Waals surface area contributed by atoms with Crippen LogP contribution in [0.4, 0.5) is 5.69 Å². The number of benzene rings is 2. The Bertz CT molecular complexity index is 977. The van der Waals surface area contributed by atoms with Crippen molar-refractivity contribution in [2.75, 3.05) is 26.1 Å². The molecule has 2 aromatic rings. The van der Waals surface area contributed by atoms with Gasteiger partial charge in [0.05, 0.1) is 20.8 Å². The Morgan fingerprint density at radius 3 is 2.26 bits per heavy atom. The molecule has 0 saturated carbocycles. The number of ether oxygens (including phenoxy) is 3. The van der Waals surface area contributed by atoms with Crippen LogP contribution in [0, 0.1) is 0 Å². The molecule has 1 aliphatic rings. The summed E-state index contributed by atoms with van der Waals surface area (Å²) >= 11 is 6.02. The minimum absolute atomic E-state index is 0.0109. The maximum atomic E-state index is 6.02. The predicted octanol–water partition coefficient (Wildman–Crippen LogP) is 5.61. The summed E-state index contributed by atoms with van der Waals surface area (Å²) in [7, 11) is 3.27. The van der Waals surface area contributed by atoms with Crippen molar-refractivity contribution in [1.82, 2.24) is 10.2 Å². The molecular weight excluding hydrogens is 446 g/mol. The van der Waals surface area contributed by atoms with Crippen molar-refractivity contribution in [3.63, 3.8) is 0 Å². The fourth-order valence-corrected chi connectivity index (χ4v) is 5.41. The number of rotatable bonds is 8. The van der Waals surface area contributed by atoms with Gasteiger partial charge in [-0.25, -0.2) is 0 Å². The molecule has 0 aliphatic carbocycles. The molecule has 6 nitrogen and oxygen atoms in total. The van der Waals surface area contributed by atoms with Gasteiger partial charge in [-0.3, -0.25) is 0 Å². The molecule has 7 heteroatoms. The Labute approximate surface area is 210 Å². The molecule has 0 amide bonds. The summed E-state index contributed by atoms with van der Waals surface area (Å²) in [6.45, 7) is 12.3. The third-order valence-corrected chi connectivity index (χ3v) is 6.45. The topological polar surface area (TPSA) is 55.0 Å². The lowest BCUT2D eigenvalue weighted by atomic mass is 9.79. The molecule has 1 heterocycles. The lowest BCUT2D eigenvalue weighted by Gasteiger charge is -2.50. The van der Waals surface area contributed by atoms with E-state index >= 15 is 0 Å². The van der Waals surface area contributed by atoms with E-state index < -0.39 is 0 Å². The maximum Gasteiger partial charge on any atom is 0.173 e. The number of para-hydroxylation sites is 1. The molecule has 1 aliphatic heterocycles. The van der Waals surface area contributed by atoms with E-state index in [4.69, 9.17) is 26.4 Å². The SMILES string of the molecule is CCOc1ccccc1CN(C(=S)Nc1ccc(OC)c(OC)c1)C1CC(C)(C)NC(C)(C)C1. The van der Waals surface area contributed by atoms with E-state index in [9.17, 15) is 0 Å². The summed E-state index contributed by atoms with van der Waals surface area (Å²) in [6.07, 6.45) is 1.95. The van der Waals surface area contributed by atoms with Gasteiger partial charge in [0, 0.05) is 41.0 Å². The van der Waals surface area contributed by atoms with Crippen molar-refractivity contribution in [1.29, 1.82) is 0 Å². The number of anilines is 1. The summed E-state index contributed by atoms with van der Waals surface area (Å²) < 4.78 is 16.8. The second-order valence-electron chi connectivity index (χ2n) is 10.1. The fraction of sp³-hybridized carbons (Fsp3) is 0.519. The van der Waals surface area contributed by atoms with Gasteiger partial charge in [0.15, 0.2) is 16.6 Å². The molecule has 0 radical (unpaired) electrons.